The highest BCUT2D eigenvalue weighted by Gasteiger charge is 2.03. The predicted molar refractivity (Wildman–Crippen MR) is 63.0 cm³/mol. The number of carbonyl (C=O) groups is 1. The second kappa shape index (κ2) is 7.61. The number of benzene rings is 1. The summed E-state index contributed by atoms with van der Waals surface area (Å²) in [6.45, 7) is 0. The SMILES string of the molecule is ClC(Cl)Cl.O=C(Cl)c1ccccc1Cl. The number of rotatable bonds is 1. The Morgan fingerprint density at radius 1 is 1.14 bits per heavy atom. The molecule has 0 unspecified atom stereocenters. The highest BCUT2D eigenvalue weighted by molar-refractivity contribution is 6.68. The molecule has 0 aliphatic carbocycles. The summed E-state index contributed by atoms with van der Waals surface area (Å²) in [7, 11) is 0. The third kappa shape index (κ3) is 6.74. The Morgan fingerprint density at radius 2 is 1.57 bits per heavy atom. The number of alkyl halides is 3. The molecule has 1 nitrogen and oxygen atoms in total. The van der Waals surface area contributed by atoms with Gasteiger partial charge in [0.05, 0.1) is 10.6 Å². The van der Waals surface area contributed by atoms with Gasteiger partial charge in [0, 0.05) is 0 Å². The predicted octanol–water partition coefficient (Wildman–Crippen LogP) is 4.71. The molecule has 0 heterocycles. The molecule has 0 N–H and O–H groups in total. The number of hydrogen-bond acceptors (Lipinski definition) is 1. The first-order valence-corrected chi connectivity index (χ1v) is 5.38. The lowest BCUT2D eigenvalue weighted by atomic mass is 10.2. The molecular formula is C8H5Cl5O. The lowest BCUT2D eigenvalue weighted by Gasteiger charge is -1.93. The molecule has 0 radical (unpaired) electrons. The number of halogens is 5. The molecule has 0 atom stereocenters. The van der Waals surface area contributed by atoms with Crippen LogP contribution in [0.3, 0.4) is 0 Å². The van der Waals surface area contributed by atoms with Crippen LogP contribution >= 0.6 is 58.0 Å². The molecule has 0 aliphatic rings. The van der Waals surface area contributed by atoms with Gasteiger partial charge < -0.3 is 0 Å². The fourth-order valence-corrected chi connectivity index (χ4v) is 1.06. The van der Waals surface area contributed by atoms with Crippen LogP contribution in [0.25, 0.3) is 0 Å². The summed E-state index contributed by atoms with van der Waals surface area (Å²) in [6.07, 6.45) is 0. The van der Waals surface area contributed by atoms with E-state index in [0.29, 0.717) is 10.6 Å². The van der Waals surface area contributed by atoms with Crippen molar-refractivity contribution in [2.45, 2.75) is 4.30 Å². The van der Waals surface area contributed by atoms with Crippen LogP contribution < -0.4 is 0 Å². The van der Waals surface area contributed by atoms with E-state index in [2.05, 4.69) is 0 Å². The van der Waals surface area contributed by atoms with Crippen LogP contribution in [-0.2, 0) is 0 Å². The van der Waals surface area contributed by atoms with Gasteiger partial charge in [-0.05, 0) is 23.7 Å². The van der Waals surface area contributed by atoms with Gasteiger partial charge in [0.1, 0.15) is 0 Å². The molecule has 0 bridgehead atoms. The van der Waals surface area contributed by atoms with Crippen molar-refractivity contribution < 1.29 is 4.79 Å². The topological polar surface area (TPSA) is 17.1 Å². The zero-order valence-electron chi connectivity index (χ0n) is 6.68. The van der Waals surface area contributed by atoms with Crippen LogP contribution in [0.5, 0.6) is 0 Å². The summed E-state index contributed by atoms with van der Waals surface area (Å²) >= 11 is 25.2. The average molecular weight is 294 g/mol. The Labute approximate surface area is 107 Å². The molecule has 6 heteroatoms. The van der Waals surface area contributed by atoms with Crippen molar-refractivity contribution in [3.05, 3.63) is 34.9 Å². The molecule has 0 saturated heterocycles. The van der Waals surface area contributed by atoms with Gasteiger partial charge in [0.2, 0.25) is 0 Å². The van der Waals surface area contributed by atoms with E-state index in [1.807, 2.05) is 0 Å². The molecule has 0 aliphatic heterocycles. The fourth-order valence-electron chi connectivity index (χ4n) is 0.621. The van der Waals surface area contributed by atoms with Crippen molar-refractivity contribution in [1.29, 1.82) is 0 Å². The Morgan fingerprint density at radius 3 is 1.86 bits per heavy atom. The molecule has 1 aromatic rings. The normalized spacial score (nSPS) is 9.29. The van der Waals surface area contributed by atoms with E-state index in [-0.39, 0.29) is 0 Å². The minimum Gasteiger partial charge on any atom is -0.276 e. The minimum atomic E-state index is -0.750. The molecular weight excluding hydrogens is 289 g/mol. The van der Waals surface area contributed by atoms with Crippen molar-refractivity contribution in [2.75, 3.05) is 0 Å². The Balaban J connectivity index is 0.000000364. The van der Waals surface area contributed by atoms with E-state index in [4.69, 9.17) is 58.0 Å². The summed E-state index contributed by atoms with van der Waals surface area (Å²) in [5.74, 6) is 0. The first-order valence-electron chi connectivity index (χ1n) is 3.31. The largest absolute Gasteiger partial charge is 0.276 e. The van der Waals surface area contributed by atoms with Crippen LogP contribution in [0.4, 0.5) is 0 Å². The molecule has 0 spiro atoms. The number of hydrogen-bond donors (Lipinski definition) is 0. The zero-order chi connectivity index (χ0) is 11.1. The second-order valence-corrected chi connectivity index (χ2v) is 4.73. The third-order valence-electron chi connectivity index (χ3n) is 1.09. The summed E-state index contributed by atoms with van der Waals surface area (Å²) in [6, 6.07) is 6.65. The van der Waals surface area contributed by atoms with E-state index in [1.165, 1.54) is 0 Å². The summed E-state index contributed by atoms with van der Waals surface area (Å²) < 4.78 is -0.750. The first-order chi connectivity index (χ1) is 6.45. The minimum absolute atomic E-state index is 0.353. The van der Waals surface area contributed by atoms with Gasteiger partial charge in [0.15, 0.2) is 4.30 Å². The van der Waals surface area contributed by atoms with Crippen molar-refractivity contribution in [1.82, 2.24) is 0 Å². The first kappa shape index (κ1) is 14.3. The van der Waals surface area contributed by atoms with Gasteiger partial charge in [-0.25, -0.2) is 0 Å². The van der Waals surface area contributed by atoms with E-state index < -0.39 is 9.54 Å². The molecule has 14 heavy (non-hydrogen) atoms. The van der Waals surface area contributed by atoms with Gasteiger partial charge >= 0.3 is 0 Å². The van der Waals surface area contributed by atoms with Crippen LogP contribution in [-0.4, -0.2) is 9.54 Å². The van der Waals surface area contributed by atoms with Gasteiger partial charge in [-0.1, -0.05) is 58.5 Å². The van der Waals surface area contributed by atoms with Crippen LogP contribution in [0.2, 0.25) is 5.02 Å². The van der Waals surface area contributed by atoms with Gasteiger partial charge in [-0.3, -0.25) is 4.79 Å². The maximum atomic E-state index is 10.5. The van der Waals surface area contributed by atoms with E-state index in [1.54, 1.807) is 24.3 Å². The Hall–Kier alpha value is 0.340. The second-order valence-electron chi connectivity index (χ2n) is 2.00. The Bertz CT molecular complexity index is 297. The fraction of sp³-hybridized carbons (Fsp3) is 0.125. The number of carbonyl (C=O) groups excluding carboxylic acids is 1. The smallest absolute Gasteiger partial charge is 0.253 e. The molecule has 78 valence electrons. The van der Waals surface area contributed by atoms with Gasteiger partial charge in [-0.2, -0.15) is 0 Å². The molecule has 1 aromatic carbocycles. The zero-order valence-corrected chi connectivity index (χ0v) is 10.5. The van der Waals surface area contributed by atoms with Crippen LogP contribution in [0, 0.1) is 0 Å². The maximum absolute atomic E-state index is 10.5. The maximum Gasteiger partial charge on any atom is 0.253 e. The van der Waals surface area contributed by atoms with Crippen molar-refractivity contribution >= 4 is 63.2 Å². The molecule has 0 fully saturated rings. The molecule has 1 rings (SSSR count). The molecule has 0 amide bonds. The van der Waals surface area contributed by atoms with Crippen molar-refractivity contribution in [3.8, 4) is 0 Å². The van der Waals surface area contributed by atoms with E-state index >= 15 is 0 Å². The quantitative estimate of drug-likeness (QED) is 0.542. The molecule has 0 saturated carbocycles. The van der Waals surface area contributed by atoms with E-state index in [9.17, 15) is 4.79 Å². The average Bonchev–Trinajstić information content (AvgIpc) is 2.03. The van der Waals surface area contributed by atoms with Crippen LogP contribution in [0.15, 0.2) is 24.3 Å². The summed E-state index contributed by atoms with van der Waals surface area (Å²) in [5.41, 5.74) is 0.353. The van der Waals surface area contributed by atoms with Gasteiger partial charge in [0.25, 0.3) is 5.24 Å². The highest BCUT2D eigenvalue weighted by Crippen LogP contribution is 2.16. The van der Waals surface area contributed by atoms with Crippen molar-refractivity contribution in [2.24, 2.45) is 0 Å². The lowest BCUT2D eigenvalue weighted by molar-refractivity contribution is 0.108. The monoisotopic (exact) mass is 292 g/mol. The van der Waals surface area contributed by atoms with Crippen LogP contribution in [0.1, 0.15) is 10.4 Å². The lowest BCUT2D eigenvalue weighted by Crippen LogP contribution is -1.87. The van der Waals surface area contributed by atoms with Gasteiger partial charge in [-0.15, -0.1) is 0 Å². The van der Waals surface area contributed by atoms with E-state index in [0.717, 1.165) is 0 Å². The molecule has 0 aromatic heterocycles. The standard InChI is InChI=1S/C7H4Cl2O.CHCl3/c8-6-4-2-1-3-5(6)7(9)10;2-1(3)4/h1-4H;1H. The Kier molecular flexibility index (Phi) is 7.79. The third-order valence-corrected chi connectivity index (χ3v) is 1.62. The summed E-state index contributed by atoms with van der Waals surface area (Å²) in [5, 5.41) is -0.131. The summed E-state index contributed by atoms with van der Waals surface area (Å²) in [4.78, 5) is 10.5. The highest BCUT2D eigenvalue weighted by atomic mass is 35.6. The van der Waals surface area contributed by atoms with Crippen molar-refractivity contribution in [3.63, 3.8) is 0 Å².